The van der Waals surface area contributed by atoms with Gasteiger partial charge in [0.2, 0.25) is 0 Å². The largest absolute Gasteiger partial charge is 0.383 e. The predicted octanol–water partition coefficient (Wildman–Crippen LogP) is 6.23. The maximum Gasteiger partial charge on any atom is 0.173 e. The zero-order valence-corrected chi connectivity index (χ0v) is 68.5. The minimum absolute atomic E-state index is 0.243. The van der Waals surface area contributed by atoms with Crippen molar-refractivity contribution in [3.8, 4) is 0 Å². The molecular weight excluding hydrogens is 1780 g/mol. The summed E-state index contributed by atoms with van der Waals surface area (Å²) in [6, 6.07) is 14.4. The number of nitrogen functional groups attached to an aromatic ring is 6. The average molecular weight is 1870 g/mol. The summed E-state index contributed by atoms with van der Waals surface area (Å²) in [5.41, 5.74) is 63.8. The number of anilines is 12. The molecule has 2 aliphatic carbocycles. The van der Waals surface area contributed by atoms with Crippen LogP contribution in [-0.4, -0.2) is 201 Å². The number of aromatic nitrogens is 18. The smallest absolute Gasteiger partial charge is 0.173 e. The summed E-state index contributed by atoms with van der Waals surface area (Å²) in [4.78, 5) is 36.4. The molecule has 36 nitrogen and oxygen atoms in total. The molecule has 0 unspecified atom stereocenters. The number of hydrogen-bond acceptors (Lipinski definition) is 30. The third-order valence-corrected chi connectivity index (χ3v) is 23.5. The van der Waals surface area contributed by atoms with Crippen LogP contribution in [-0.2, 0) is 0 Å². The molecule has 3 atom stereocenters. The molecule has 12 aromatic rings. The van der Waals surface area contributed by atoms with E-state index < -0.39 is 0 Å². The number of nitrogens with zero attached hydrogens (tertiary/aromatic N) is 22. The van der Waals surface area contributed by atoms with Gasteiger partial charge in [-0.25, -0.2) is 29.9 Å². The minimum Gasteiger partial charge on any atom is -0.383 e. The molecule has 19 rings (SSSR count). The van der Waals surface area contributed by atoms with Gasteiger partial charge in [-0.3, -0.25) is 0 Å². The Kier molecular flexibility index (Phi) is 23.9. The van der Waals surface area contributed by atoms with Gasteiger partial charge < -0.3 is 98.2 Å². The van der Waals surface area contributed by atoms with Crippen molar-refractivity contribution < 1.29 is 0 Å². The molecular formula is C66H88Br6N36. The molecule has 17 heterocycles. The summed E-state index contributed by atoms with van der Waals surface area (Å²) in [5, 5.41) is 38.7. The highest BCUT2D eigenvalue weighted by Crippen LogP contribution is 2.34. The van der Waals surface area contributed by atoms with E-state index in [0.29, 0.717) is 83.7 Å². The van der Waals surface area contributed by atoms with E-state index in [0.717, 1.165) is 225 Å². The van der Waals surface area contributed by atoms with E-state index in [9.17, 15) is 0 Å². The van der Waals surface area contributed by atoms with Gasteiger partial charge in [0.15, 0.2) is 33.9 Å². The Morgan fingerprint density at radius 2 is 0.778 bits per heavy atom. The lowest BCUT2D eigenvalue weighted by Crippen LogP contribution is -2.56. The van der Waals surface area contributed by atoms with Gasteiger partial charge in [0.05, 0.1) is 64.0 Å². The summed E-state index contributed by atoms with van der Waals surface area (Å²) in [6.45, 7) is 9.33. The maximum atomic E-state index is 6.03. The molecule has 12 aromatic heterocycles. The number of piperazine rings is 1. The second kappa shape index (κ2) is 33.7. The van der Waals surface area contributed by atoms with Gasteiger partial charge in [0, 0.05) is 144 Å². The Balaban J connectivity index is 0.000000109. The summed E-state index contributed by atoms with van der Waals surface area (Å²) >= 11 is 20.6. The SMILES string of the molecule is NC[C@H]1CCCN1c1cc(N)n2ncc(Br)c2n1.Nc1cc(N2CC(N)C2)nc2c(Br)cnn12.Nc1cc(N2CCCNCC2)nc2c(Br)cnn12.Nc1cc(N2C[C@@H]3C[C@H]2CN3)nc2c(Br)cnn12.Nc1cc(NC2CCC(N)CC2)nc2c(Br)cnn12.Nc1cc(NC2CCC(N)CC2)nc2c(Br)cnn12. The fourth-order valence-corrected chi connectivity index (χ4v) is 16.5. The van der Waals surface area contributed by atoms with Crippen LogP contribution in [0.3, 0.4) is 0 Å². The first kappa shape index (κ1) is 76.7. The Morgan fingerprint density at radius 1 is 0.398 bits per heavy atom. The van der Waals surface area contributed by atoms with E-state index in [4.69, 9.17) is 57.3 Å². The third-order valence-electron chi connectivity index (χ3n) is 20.1. The molecule has 24 N–H and O–H groups in total. The Labute approximate surface area is 671 Å². The van der Waals surface area contributed by atoms with Crippen molar-refractivity contribution in [1.82, 2.24) is 98.2 Å². The molecule has 5 aliphatic heterocycles. The normalized spacial score (nSPS) is 21.4. The van der Waals surface area contributed by atoms with E-state index in [-0.39, 0.29) is 6.04 Å². The maximum absolute atomic E-state index is 6.03. The average Bonchev–Trinajstić information content (AvgIpc) is 1.50. The molecule has 2 saturated carbocycles. The van der Waals surface area contributed by atoms with E-state index in [1.807, 2.05) is 36.4 Å². The van der Waals surface area contributed by atoms with E-state index in [1.54, 1.807) is 64.3 Å². The van der Waals surface area contributed by atoms with Crippen LogP contribution in [0.5, 0.6) is 0 Å². The van der Waals surface area contributed by atoms with Gasteiger partial charge in [-0.1, -0.05) is 0 Å². The van der Waals surface area contributed by atoms with Gasteiger partial charge in [0.1, 0.15) is 69.8 Å². The standard InChI is InChI=1S/2C12H17BrN6.C11H13BrN6.2C11H15BrN6.C9H11BrN6/c2*13-9-6-16-19-10(15)5-11(18-12(9)19)17-8-3-1-7(14)2-4-8;12-8-4-15-18-9(13)2-10(16-11(8)18)17-5-6-1-7(17)3-14-6;12-8-7-15-18-9(13)6-10(16-11(8)18)17-4-1-2-14-3-5-17;12-8-6-15-18-9(14)4-10(16-11(8)18)17-3-1-2-7(17)5-13;10-6-2-13-16-7(12)1-8(14-9(6)16)15-3-5(11)4-15/h2*5-8H,1-4,14-15H2,(H,17,18);2,4,6-7,14H,1,3,5,13H2;6-7,14H,1-5,13H2;4,6-7H,1-3,5,13-14H2;1-2,5H,3-4,11-12H2/t;;6-,7-;;7-;/m..0.1./s1. The summed E-state index contributed by atoms with van der Waals surface area (Å²) in [7, 11) is 0. The van der Waals surface area contributed by atoms with E-state index >= 15 is 0 Å². The van der Waals surface area contributed by atoms with Crippen molar-refractivity contribution in [2.75, 3.05) is 130 Å². The molecule has 0 radical (unpaired) electrons. The van der Waals surface area contributed by atoms with Crippen molar-refractivity contribution in [3.05, 3.63) is 100 Å². The first-order chi connectivity index (χ1) is 52.1. The first-order valence-corrected chi connectivity index (χ1v) is 40.6. The zero-order valence-electron chi connectivity index (χ0n) is 59.0. The van der Waals surface area contributed by atoms with Crippen LogP contribution >= 0.6 is 95.6 Å². The van der Waals surface area contributed by atoms with Crippen molar-refractivity contribution in [1.29, 1.82) is 0 Å². The van der Waals surface area contributed by atoms with E-state index in [1.165, 1.54) is 6.42 Å². The van der Waals surface area contributed by atoms with Gasteiger partial charge in [-0.15, -0.1) is 0 Å². The Hall–Kier alpha value is -8.04. The highest BCUT2D eigenvalue weighted by atomic mass is 79.9. The minimum atomic E-state index is 0.243. The van der Waals surface area contributed by atoms with Crippen molar-refractivity contribution in [2.45, 2.75) is 125 Å². The fraction of sp³-hybridized carbons (Fsp3) is 0.455. The van der Waals surface area contributed by atoms with Crippen LogP contribution in [0.4, 0.5) is 69.8 Å². The van der Waals surface area contributed by atoms with Crippen LogP contribution in [0.2, 0.25) is 0 Å². The molecule has 42 heteroatoms. The fourth-order valence-electron chi connectivity index (χ4n) is 14.4. The number of rotatable bonds is 9. The highest BCUT2D eigenvalue weighted by molar-refractivity contribution is 9.11. The molecule has 0 amide bonds. The number of nitrogens with one attached hydrogen (secondary N) is 4. The van der Waals surface area contributed by atoms with Gasteiger partial charge in [-0.2, -0.15) is 57.7 Å². The number of nitrogens with two attached hydrogens (primary N) is 10. The molecule has 5 saturated heterocycles. The van der Waals surface area contributed by atoms with Crippen LogP contribution in [0.25, 0.3) is 33.9 Å². The zero-order chi connectivity index (χ0) is 75.6. The monoisotopic (exact) mass is 1860 g/mol. The van der Waals surface area contributed by atoms with Crippen molar-refractivity contribution >= 4 is 199 Å². The Morgan fingerprint density at radius 3 is 1.17 bits per heavy atom. The van der Waals surface area contributed by atoms with Crippen LogP contribution < -0.4 is 98.2 Å². The third kappa shape index (κ3) is 17.1. The summed E-state index contributed by atoms with van der Waals surface area (Å²) in [5.74, 6) is 8.75. The predicted molar refractivity (Wildman–Crippen MR) is 445 cm³/mol. The molecule has 574 valence electrons. The lowest BCUT2D eigenvalue weighted by Gasteiger charge is -2.37. The highest BCUT2D eigenvalue weighted by Gasteiger charge is 2.39. The first-order valence-electron chi connectivity index (χ1n) is 35.9. The van der Waals surface area contributed by atoms with Crippen LogP contribution in [0.1, 0.15) is 77.0 Å². The van der Waals surface area contributed by atoms with Gasteiger partial charge in [-0.05, 0) is 179 Å². The second-order valence-corrected chi connectivity index (χ2v) is 32.9. The number of halogens is 6. The van der Waals surface area contributed by atoms with Crippen LogP contribution in [0.15, 0.2) is 100 Å². The lowest BCUT2D eigenvalue weighted by atomic mass is 9.92. The number of fused-ring (bicyclic) bond motifs is 8. The molecule has 2 bridgehead atoms. The lowest BCUT2D eigenvalue weighted by molar-refractivity contribution is 0.410. The molecule has 0 spiro atoms. The molecule has 0 aromatic carbocycles. The molecule has 108 heavy (non-hydrogen) atoms. The molecule has 7 aliphatic rings. The second-order valence-electron chi connectivity index (χ2n) is 27.8. The van der Waals surface area contributed by atoms with Crippen LogP contribution in [0, 0.1) is 0 Å². The van der Waals surface area contributed by atoms with Gasteiger partial charge >= 0.3 is 0 Å². The van der Waals surface area contributed by atoms with E-state index in [2.05, 4.69) is 197 Å². The van der Waals surface area contributed by atoms with Gasteiger partial charge in [0.25, 0.3) is 0 Å². The summed E-state index contributed by atoms with van der Waals surface area (Å²) in [6.07, 6.45) is 23.4. The number of hydrogen-bond donors (Lipinski definition) is 14. The van der Waals surface area contributed by atoms with Crippen molar-refractivity contribution in [2.24, 2.45) is 22.9 Å². The quantitative estimate of drug-likeness (QED) is 0.0761. The van der Waals surface area contributed by atoms with Crippen molar-refractivity contribution in [3.63, 3.8) is 0 Å². The molecule has 7 fully saturated rings. The Bertz CT molecular complexity index is 4910. The summed E-state index contributed by atoms with van der Waals surface area (Å²) < 4.78 is 14.9. The topological polar surface area (TPSA) is 502 Å².